The lowest BCUT2D eigenvalue weighted by atomic mass is 10.1. The maximum Gasteiger partial charge on any atom is 0.225 e. The van der Waals surface area contributed by atoms with Gasteiger partial charge in [-0.15, -0.1) is 11.3 Å². The number of aromatic nitrogens is 2. The third-order valence-electron chi connectivity index (χ3n) is 4.10. The molecule has 0 bridgehead atoms. The van der Waals surface area contributed by atoms with Crippen LogP contribution < -0.4 is 4.90 Å². The lowest BCUT2D eigenvalue weighted by Gasteiger charge is -2.29. The molecule has 1 aromatic carbocycles. The molecular weight excluding hydrogens is 294 g/mol. The van der Waals surface area contributed by atoms with Crippen LogP contribution in [0.25, 0.3) is 20.5 Å². The molecule has 2 aromatic heterocycles. The highest BCUT2D eigenvalue weighted by atomic mass is 32.1. The summed E-state index contributed by atoms with van der Waals surface area (Å²) in [6.45, 7) is 1.65. The molecule has 3 heterocycles. The predicted octanol–water partition coefficient (Wildman–Crippen LogP) is 3.32. The summed E-state index contributed by atoms with van der Waals surface area (Å²) in [5, 5.41) is 10.8. The van der Waals surface area contributed by atoms with Gasteiger partial charge in [0.1, 0.15) is 0 Å². The van der Waals surface area contributed by atoms with Gasteiger partial charge in [-0.05, 0) is 30.4 Å². The molecule has 0 amide bonds. The normalized spacial score (nSPS) is 16.3. The van der Waals surface area contributed by atoms with Gasteiger partial charge in [0.05, 0.1) is 6.10 Å². The van der Waals surface area contributed by atoms with E-state index in [1.807, 2.05) is 12.4 Å². The number of hydrogen-bond donors (Lipinski definition) is 1. The molecule has 1 fully saturated rings. The fraction of sp³-hybridized carbons (Fsp3) is 0.294. The van der Waals surface area contributed by atoms with E-state index < -0.39 is 0 Å². The Morgan fingerprint density at radius 3 is 2.55 bits per heavy atom. The maximum absolute atomic E-state index is 9.57. The van der Waals surface area contributed by atoms with Gasteiger partial charge in [-0.2, -0.15) is 0 Å². The topological polar surface area (TPSA) is 49.2 Å². The molecule has 22 heavy (non-hydrogen) atoms. The van der Waals surface area contributed by atoms with Crippen molar-refractivity contribution < 1.29 is 5.11 Å². The van der Waals surface area contributed by atoms with Crippen LogP contribution in [0.4, 0.5) is 5.95 Å². The second kappa shape index (κ2) is 5.66. The van der Waals surface area contributed by atoms with Gasteiger partial charge in [-0.1, -0.05) is 18.2 Å². The first-order valence-electron chi connectivity index (χ1n) is 7.53. The Bertz CT molecular complexity index is 743. The zero-order valence-corrected chi connectivity index (χ0v) is 13.0. The van der Waals surface area contributed by atoms with Crippen molar-refractivity contribution in [1.29, 1.82) is 0 Å². The molecule has 1 saturated heterocycles. The van der Waals surface area contributed by atoms with Crippen molar-refractivity contribution in [1.82, 2.24) is 9.97 Å². The van der Waals surface area contributed by atoms with Crippen LogP contribution in [0.3, 0.4) is 0 Å². The van der Waals surface area contributed by atoms with Gasteiger partial charge < -0.3 is 10.0 Å². The van der Waals surface area contributed by atoms with Crippen LogP contribution in [0.1, 0.15) is 12.8 Å². The van der Waals surface area contributed by atoms with Gasteiger partial charge >= 0.3 is 0 Å². The Balaban J connectivity index is 1.58. The van der Waals surface area contributed by atoms with Gasteiger partial charge in [0.15, 0.2) is 0 Å². The summed E-state index contributed by atoms with van der Waals surface area (Å²) in [7, 11) is 0. The Morgan fingerprint density at radius 1 is 1.09 bits per heavy atom. The zero-order valence-electron chi connectivity index (χ0n) is 12.1. The number of piperidine rings is 1. The Labute approximate surface area is 133 Å². The maximum atomic E-state index is 9.57. The predicted molar refractivity (Wildman–Crippen MR) is 90.3 cm³/mol. The van der Waals surface area contributed by atoms with E-state index in [2.05, 4.69) is 45.2 Å². The van der Waals surface area contributed by atoms with Crippen molar-refractivity contribution in [2.75, 3.05) is 18.0 Å². The number of fused-ring (bicyclic) bond motifs is 1. The fourth-order valence-electron chi connectivity index (χ4n) is 2.80. The number of benzene rings is 1. The average molecular weight is 311 g/mol. The molecule has 0 spiro atoms. The molecular formula is C17H17N3OS. The van der Waals surface area contributed by atoms with Crippen LogP contribution in [0.2, 0.25) is 0 Å². The summed E-state index contributed by atoms with van der Waals surface area (Å²) in [5.74, 6) is 0.761. The average Bonchev–Trinajstić information content (AvgIpc) is 3.00. The number of rotatable bonds is 2. The Kier molecular flexibility index (Phi) is 3.52. The van der Waals surface area contributed by atoms with E-state index in [-0.39, 0.29) is 6.10 Å². The Hall–Kier alpha value is -1.98. The molecule has 0 atom stereocenters. The number of aliphatic hydroxyl groups is 1. The first-order chi connectivity index (χ1) is 10.8. The molecule has 0 saturated carbocycles. The molecule has 3 aromatic rings. The van der Waals surface area contributed by atoms with Crippen molar-refractivity contribution in [3.8, 4) is 10.4 Å². The van der Waals surface area contributed by atoms with Gasteiger partial charge in [0.2, 0.25) is 5.95 Å². The smallest absolute Gasteiger partial charge is 0.225 e. The summed E-state index contributed by atoms with van der Waals surface area (Å²) in [5.41, 5.74) is 1.06. The molecule has 0 unspecified atom stereocenters. The standard InChI is InChI=1S/C17H17N3OS/c21-14-5-7-20(8-6-14)17-18-10-13(11-19-17)16-9-12-3-1-2-4-15(12)22-16/h1-4,9-11,14,21H,5-8H2. The molecule has 5 heteroatoms. The number of thiophene rings is 1. The van der Waals surface area contributed by atoms with Crippen molar-refractivity contribution >= 4 is 27.4 Å². The van der Waals surface area contributed by atoms with Crippen LogP contribution >= 0.6 is 11.3 Å². The quantitative estimate of drug-likeness (QED) is 0.789. The van der Waals surface area contributed by atoms with Crippen LogP contribution in [-0.4, -0.2) is 34.3 Å². The van der Waals surface area contributed by atoms with E-state index in [4.69, 9.17) is 0 Å². The summed E-state index contributed by atoms with van der Waals surface area (Å²) in [4.78, 5) is 12.4. The molecule has 1 aliphatic heterocycles. The molecule has 1 N–H and O–H groups in total. The highest BCUT2D eigenvalue weighted by Gasteiger charge is 2.19. The molecule has 1 aliphatic rings. The number of aliphatic hydroxyl groups excluding tert-OH is 1. The van der Waals surface area contributed by atoms with Crippen LogP contribution in [0, 0.1) is 0 Å². The largest absolute Gasteiger partial charge is 0.393 e. The van der Waals surface area contributed by atoms with Crippen molar-refractivity contribution in [2.45, 2.75) is 18.9 Å². The number of anilines is 1. The Morgan fingerprint density at radius 2 is 1.82 bits per heavy atom. The van der Waals surface area contributed by atoms with E-state index in [0.717, 1.165) is 37.4 Å². The van der Waals surface area contributed by atoms with E-state index in [0.29, 0.717) is 0 Å². The first-order valence-corrected chi connectivity index (χ1v) is 8.35. The van der Waals surface area contributed by atoms with Crippen molar-refractivity contribution in [3.05, 3.63) is 42.7 Å². The summed E-state index contributed by atoms with van der Waals surface area (Å²) < 4.78 is 1.28. The van der Waals surface area contributed by atoms with Gasteiger partial charge in [0.25, 0.3) is 0 Å². The third kappa shape index (κ3) is 2.58. The minimum atomic E-state index is -0.172. The summed E-state index contributed by atoms with van der Waals surface area (Å²) in [6.07, 6.45) is 5.22. The van der Waals surface area contributed by atoms with Gasteiger partial charge in [0, 0.05) is 40.6 Å². The van der Waals surface area contributed by atoms with Crippen LogP contribution in [0.15, 0.2) is 42.7 Å². The number of nitrogens with zero attached hydrogens (tertiary/aromatic N) is 3. The molecule has 0 aliphatic carbocycles. The molecule has 0 radical (unpaired) electrons. The molecule has 4 nitrogen and oxygen atoms in total. The lowest BCUT2D eigenvalue weighted by Crippen LogP contribution is -2.36. The minimum absolute atomic E-state index is 0.172. The highest BCUT2D eigenvalue weighted by Crippen LogP contribution is 2.33. The monoisotopic (exact) mass is 311 g/mol. The van der Waals surface area contributed by atoms with E-state index in [1.165, 1.54) is 15.0 Å². The van der Waals surface area contributed by atoms with E-state index in [1.54, 1.807) is 11.3 Å². The highest BCUT2D eigenvalue weighted by molar-refractivity contribution is 7.22. The van der Waals surface area contributed by atoms with Crippen molar-refractivity contribution in [2.24, 2.45) is 0 Å². The number of hydrogen-bond acceptors (Lipinski definition) is 5. The lowest BCUT2D eigenvalue weighted by molar-refractivity contribution is 0.145. The summed E-state index contributed by atoms with van der Waals surface area (Å²) in [6, 6.07) is 10.6. The van der Waals surface area contributed by atoms with Crippen LogP contribution in [0.5, 0.6) is 0 Å². The second-order valence-corrected chi connectivity index (χ2v) is 6.72. The molecule has 112 valence electrons. The summed E-state index contributed by atoms with van der Waals surface area (Å²) >= 11 is 1.77. The fourth-order valence-corrected chi connectivity index (χ4v) is 3.84. The van der Waals surface area contributed by atoms with Crippen molar-refractivity contribution in [3.63, 3.8) is 0 Å². The first kappa shape index (κ1) is 13.7. The van der Waals surface area contributed by atoms with E-state index >= 15 is 0 Å². The molecule has 4 rings (SSSR count). The van der Waals surface area contributed by atoms with E-state index in [9.17, 15) is 5.11 Å². The van der Waals surface area contributed by atoms with Gasteiger partial charge in [-0.3, -0.25) is 0 Å². The SMILES string of the molecule is OC1CCN(c2ncc(-c3cc4ccccc4s3)cn2)CC1. The van der Waals surface area contributed by atoms with Gasteiger partial charge in [-0.25, -0.2) is 9.97 Å². The third-order valence-corrected chi connectivity index (χ3v) is 5.26. The van der Waals surface area contributed by atoms with Crippen LogP contribution in [-0.2, 0) is 0 Å². The second-order valence-electron chi connectivity index (χ2n) is 5.64. The minimum Gasteiger partial charge on any atom is -0.393 e. The zero-order chi connectivity index (χ0) is 14.9.